The van der Waals surface area contributed by atoms with Crippen LogP contribution in [0.4, 0.5) is 11.4 Å². The fourth-order valence-corrected chi connectivity index (χ4v) is 5.95. The molecule has 0 N–H and O–H groups in total. The third-order valence-electron chi connectivity index (χ3n) is 6.16. The van der Waals surface area contributed by atoms with Crippen molar-refractivity contribution in [2.75, 3.05) is 23.9 Å². The maximum Gasteiger partial charge on any atom is 0.259 e. The highest BCUT2D eigenvalue weighted by Gasteiger charge is 2.40. The molecule has 2 aromatic heterocycles. The number of nitrogens with zero attached hydrogens (tertiary/aromatic N) is 2. The van der Waals surface area contributed by atoms with Gasteiger partial charge in [0.2, 0.25) is 0 Å². The highest BCUT2D eigenvalue weighted by atomic mass is 32.1. The standard InChI is InChI=1S/C26H18N2O2S2/c1-27-19-13-15(21-5-3-11-31-21)7-9-17(19)23(25(27)29)24-18-10-8-16(22-6-4-12-32-22)14-20(18)28(2)26(24)30/h3-14H,1-2H3. The predicted molar refractivity (Wildman–Crippen MR) is 133 cm³/mol. The molecule has 2 aliphatic rings. The van der Waals surface area contributed by atoms with Crippen molar-refractivity contribution >= 4 is 57.0 Å². The van der Waals surface area contributed by atoms with E-state index in [0.717, 1.165) is 43.4 Å². The maximum absolute atomic E-state index is 13.4. The Labute approximate surface area is 193 Å². The quantitative estimate of drug-likeness (QED) is 0.348. The summed E-state index contributed by atoms with van der Waals surface area (Å²) in [5, 5.41) is 4.08. The molecule has 0 atom stereocenters. The lowest BCUT2D eigenvalue weighted by Gasteiger charge is -2.10. The summed E-state index contributed by atoms with van der Waals surface area (Å²) in [7, 11) is 3.55. The molecule has 6 rings (SSSR count). The van der Waals surface area contributed by atoms with Crippen molar-refractivity contribution in [3.05, 3.63) is 82.6 Å². The van der Waals surface area contributed by atoms with Gasteiger partial charge in [0.05, 0.1) is 22.5 Å². The number of likely N-dealkylation sites (N-methyl/N-ethyl adjacent to an activating group) is 2. The van der Waals surface area contributed by atoms with Crippen LogP contribution in [0, 0.1) is 0 Å². The van der Waals surface area contributed by atoms with Gasteiger partial charge in [-0.15, -0.1) is 22.7 Å². The molecular weight excluding hydrogens is 436 g/mol. The fourth-order valence-electron chi connectivity index (χ4n) is 4.50. The van der Waals surface area contributed by atoms with Gasteiger partial charge in [-0.2, -0.15) is 0 Å². The lowest BCUT2D eigenvalue weighted by atomic mass is 9.95. The third kappa shape index (κ3) is 2.66. The Morgan fingerprint density at radius 3 is 1.44 bits per heavy atom. The summed E-state index contributed by atoms with van der Waals surface area (Å²) in [5.74, 6) is -0.287. The molecule has 0 spiro atoms. The molecule has 0 aliphatic carbocycles. The highest BCUT2D eigenvalue weighted by molar-refractivity contribution is 7.13. The average molecular weight is 455 g/mol. The molecule has 0 saturated heterocycles. The van der Waals surface area contributed by atoms with Gasteiger partial charge in [0.1, 0.15) is 0 Å². The molecule has 156 valence electrons. The second-order valence-corrected chi connectivity index (χ2v) is 9.79. The molecule has 0 unspecified atom stereocenters. The zero-order valence-corrected chi connectivity index (χ0v) is 19.1. The summed E-state index contributed by atoms with van der Waals surface area (Å²) in [6.45, 7) is 0. The number of thiophene rings is 2. The summed E-state index contributed by atoms with van der Waals surface area (Å²) in [4.78, 5) is 32.3. The van der Waals surface area contributed by atoms with Crippen LogP contribution in [0.5, 0.6) is 0 Å². The van der Waals surface area contributed by atoms with E-state index in [2.05, 4.69) is 12.1 Å². The number of carbonyl (C=O) groups excluding carboxylic acids is 2. The third-order valence-corrected chi connectivity index (χ3v) is 7.99. The van der Waals surface area contributed by atoms with Crippen molar-refractivity contribution < 1.29 is 9.59 Å². The Bertz CT molecular complexity index is 1320. The van der Waals surface area contributed by atoms with Gasteiger partial charge in [-0.05, 0) is 46.2 Å². The van der Waals surface area contributed by atoms with Gasteiger partial charge in [-0.25, -0.2) is 0 Å². The Kier molecular flexibility index (Phi) is 4.22. The zero-order valence-electron chi connectivity index (χ0n) is 17.5. The SMILES string of the molecule is CN1C(=O)C(=C2C(=O)N(C)c3cc(-c4cccs4)ccc32)c2ccc(-c3cccs3)cc21. The minimum atomic E-state index is -0.143. The fraction of sp³-hybridized carbons (Fsp3) is 0.0769. The highest BCUT2D eigenvalue weighted by Crippen LogP contribution is 2.47. The minimum absolute atomic E-state index is 0.143. The van der Waals surface area contributed by atoms with E-state index in [1.807, 2.05) is 59.3 Å². The number of anilines is 2. The Morgan fingerprint density at radius 2 is 1.06 bits per heavy atom. The number of fused-ring (bicyclic) bond motifs is 2. The van der Waals surface area contributed by atoms with Crippen LogP contribution in [0.2, 0.25) is 0 Å². The van der Waals surface area contributed by atoms with E-state index < -0.39 is 0 Å². The topological polar surface area (TPSA) is 40.6 Å². The lowest BCUT2D eigenvalue weighted by Crippen LogP contribution is -2.24. The van der Waals surface area contributed by atoms with Crippen molar-refractivity contribution in [1.82, 2.24) is 0 Å². The van der Waals surface area contributed by atoms with Crippen LogP contribution in [0.15, 0.2) is 71.4 Å². The molecule has 2 aromatic carbocycles. The van der Waals surface area contributed by atoms with Crippen LogP contribution in [0.25, 0.3) is 32.0 Å². The molecule has 0 radical (unpaired) electrons. The second-order valence-electron chi connectivity index (χ2n) is 7.90. The van der Waals surface area contributed by atoms with Gasteiger partial charge >= 0.3 is 0 Å². The summed E-state index contributed by atoms with van der Waals surface area (Å²) in [5.41, 5.74) is 6.40. The van der Waals surface area contributed by atoms with Gasteiger partial charge in [0.15, 0.2) is 0 Å². The largest absolute Gasteiger partial charge is 0.311 e. The number of carbonyl (C=O) groups is 2. The Balaban J connectivity index is 1.54. The molecule has 6 heteroatoms. The molecule has 0 saturated carbocycles. The molecule has 32 heavy (non-hydrogen) atoms. The van der Waals surface area contributed by atoms with E-state index in [0.29, 0.717) is 11.1 Å². The first-order chi connectivity index (χ1) is 15.5. The molecule has 4 heterocycles. The van der Waals surface area contributed by atoms with Crippen molar-refractivity contribution in [2.24, 2.45) is 0 Å². The van der Waals surface area contributed by atoms with Crippen LogP contribution >= 0.6 is 22.7 Å². The van der Waals surface area contributed by atoms with Crippen molar-refractivity contribution in [2.45, 2.75) is 0 Å². The van der Waals surface area contributed by atoms with Crippen LogP contribution in [-0.2, 0) is 9.59 Å². The molecule has 4 aromatic rings. The normalized spacial score (nSPS) is 17.3. The van der Waals surface area contributed by atoms with Gasteiger partial charge in [0.25, 0.3) is 11.8 Å². The zero-order chi connectivity index (χ0) is 22.0. The average Bonchev–Trinajstić information content (AvgIpc) is 3.60. The monoisotopic (exact) mass is 454 g/mol. The first-order valence-electron chi connectivity index (χ1n) is 10.2. The first-order valence-corrected chi connectivity index (χ1v) is 12.0. The summed E-state index contributed by atoms with van der Waals surface area (Å²) in [6, 6.07) is 20.3. The summed E-state index contributed by atoms with van der Waals surface area (Å²) in [6.07, 6.45) is 0. The van der Waals surface area contributed by atoms with E-state index in [9.17, 15) is 9.59 Å². The lowest BCUT2D eigenvalue weighted by molar-refractivity contribution is -0.114. The van der Waals surface area contributed by atoms with Gasteiger partial charge < -0.3 is 9.80 Å². The molecule has 2 amide bonds. The molecular formula is C26H18N2O2S2. The smallest absolute Gasteiger partial charge is 0.259 e. The van der Waals surface area contributed by atoms with Crippen molar-refractivity contribution in [3.63, 3.8) is 0 Å². The Hall–Kier alpha value is -3.48. The van der Waals surface area contributed by atoms with Crippen molar-refractivity contribution in [1.29, 1.82) is 0 Å². The predicted octanol–water partition coefficient (Wildman–Crippen LogP) is 6.01. The van der Waals surface area contributed by atoms with E-state index in [-0.39, 0.29) is 11.8 Å². The first kappa shape index (κ1) is 19.2. The van der Waals surface area contributed by atoms with E-state index in [4.69, 9.17) is 0 Å². The van der Waals surface area contributed by atoms with Crippen molar-refractivity contribution in [3.8, 4) is 20.9 Å². The number of benzene rings is 2. The van der Waals surface area contributed by atoms with Gasteiger partial charge in [-0.1, -0.05) is 36.4 Å². The Morgan fingerprint density at radius 1 is 0.625 bits per heavy atom. The summed E-state index contributed by atoms with van der Waals surface area (Å²) >= 11 is 3.33. The number of rotatable bonds is 2. The van der Waals surface area contributed by atoms with Crippen LogP contribution in [0.1, 0.15) is 11.1 Å². The molecule has 0 bridgehead atoms. The molecule has 0 fully saturated rings. The van der Waals surface area contributed by atoms with E-state index in [1.165, 1.54) is 0 Å². The van der Waals surface area contributed by atoms with Gasteiger partial charge in [-0.3, -0.25) is 9.59 Å². The van der Waals surface area contributed by atoms with E-state index in [1.54, 1.807) is 46.6 Å². The minimum Gasteiger partial charge on any atom is -0.311 e. The second kappa shape index (κ2) is 7.02. The number of hydrogen-bond donors (Lipinski definition) is 0. The molecule has 4 nitrogen and oxygen atoms in total. The maximum atomic E-state index is 13.4. The van der Waals surface area contributed by atoms with Gasteiger partial charge in [0, 0.05) is 35.0 Å². The summed E-state index contributed by atoms with van der Waals surface area (Å²) < 4.78 is 0. The number of amides is 2. The van der Waals surface area contributed by atoms with Crippen LogP contribution in [0.3, 0.4) is 0 Å². The van der Waals surface area contributed by atoms with E-state index >= 15 is 0 Å². The number of hydrogen-bond acceptors (Lipinski definition) is 4. The van der Waals surface area contributed by atoms with Crippen LogP contribution < -0.4 is 9.80 Å². The molecule has 2 aliphatic heterocycles. The van der Waals surface area contributed by atoms with Crippen LogP contribution in [-0.4, -0.2) is 25.9 Å².